The molecule has 0 fully saturated rings. The van der Waals surface area contributed by atoms with Crippen LogP contribution < -0.4 is 11.1 Å². The van der Waals surface area contributed by atoms with E-state index in [1.54, 1.807) is 6.08 Å². The van der Waals surface area contributed by atoms with E-state index >= 15 is 0 Å². The van der Waals surface area contributed by atoms with Gasteiger partial charge in [-0.05, 0) is 6.42 Å². The molecular weight excluding hydrogens is 238 g/mol. The van der Waals surface area contributed by atoms with E-state index in [9.17, 15) is 9.59 Å². The number of aromatic nitrogens is 3. The van der Waals surface area contributed by atoms with Crippen molar-refractivity contribution in [3.05, 3.63) is 24.5 Å². The number of aromatic carboxylic acids is 1. The molecule has 0 aromatic carbocycles. The second-order valence-corrected chi connectivity index (χ2v) is 3.59. The molecule has 8 heteroatoms. The van der Waals surface area contributed by atoms with E-state index in [4.69, 9.17) is 10.8 Å². The molecule has 0 spiro atoms. The highest BCUT2D eigenvalue weighted by Gasteiger charge is 2.11. The lowest BCUT2D eigenvalue weighted by Gasteiger charge is -2.09. The van der Waals surface area contributed by atoms with Crippen molar-refractivity contribution in [3.8, 4) is 0 Å². The standard InChI is InChI=1S/C10H15N5O3/c1-2-3-7(11)9(16)12-4-5-15-6-8(10(17)18)13-14-15/h2,6-7H,1,3-5,11H2,(H,12,16)(H,17,18). The molecule has 0 radical (unpaired) electrons. The van der Waals surface area contributed by atoms with Crippen molar-refractivity contribution in [1.82, 2.24) is 20.3 Å². The number of carbonyl (C=O) groups is 2. The Morgan fingerprint density at radius 2 is 2.39 bits per heavy atom. The summed E-state index contributed by atoms with van der Waals surface area (Å²) in [4.78, 5) is 22.0. The fraction of sp³-hybridized carbons (Fsp3) is 0.400. The van der Waals surface area contributed by atoms with Crippen molar-refractivity contribution in [2.75, 3.05) is 6.54 Å². The molecule has 4 N–H and O–H groups in total. The van der Waals surface area contributed by atoms with Gasteiger partial charge in [-0.2, -0.15) is 0 Å². The van der Waals surface area contributed by atoms with Crippen molar-refractivity contribution in [2.24, 2.45) is 5.73 Å². The summed E-state index contributed by atoms with van der Waals surface area (Å²) in [7, 11) is 0. The third kappa shape index (κ3) is 3.98. The Balaban J connectivity index is 2.34. The second-order valence-electron chi connectivity index (χ2n) is 3.59. The maximum absolute atomic E-state index is 11.4. The molecular formula is C10H15N5O3. The first-order chi connectivity index (χ1) is 8.54. The Hall–Kier alpha value is -2.22. The van der Waals surface area contributed by atoms with Gasteiger partial charge in [0.25, 0.3) is 0 Å². The molecule has 1 unspecified atom stereocenters. The van der Waals surface area contributed by atoms with Gasteiger partial charge in [0.05, 0.1) is 18.8 Å². The van der Waals surface area contributed by atoms with Crippen molar-refractivity contribution < 1.29 is 14.7 Å². The molecule has 0 aliphatic heterocycles. The third-order valence-corrected chi connectivity index (χ3v) is 2.16. The van der Waals surface area contributed by atoms with Gasteiger partial charge in [0.1, 0.15) is 0 Å². The first-order valence-electron chi connectivity index (χ1n) is 5.32. The average molecular weight is 253 g/mol. The molecule has 18 heavy (non-hydrogen) atoms. The Labute approximate surface area is 103 Å². The number of nitrogens with zero attached hydrogens (tertiary/aromatic N) is 3. The van der Waals surface area contributed by atoms with Gasteiger partial charge in [-0.3, -0.25) is 4.79 Å². The zero-order valence-electron chi connectivity index (χ0n) is 9.74. The van der Waals surface area contributed by atoms with Crippen LogP contribution in [-0.4, -0.2) is 44.6 Å². The summed E-state index contributed by atoms with van der Waals surface area (Å²) in [6, 6.07) is -0.618. The average Bonchev–Trinajstić information content (AvgIpc) is 2.78. The number of carbonyl (C=O) groups excluding carboxylic acids is 1. The number of nitrogens with one attached hydrogen (secondary N) is 1. The number of hydrogen-bond acceptors (Lipinski definition) is 5. The number of hydrogen-bond donors (Lipinski definition) is 3. The summed E-state index contributed by atoms with van der Waals surface area (Å²) < 4.78 is 1.34. The molecule has 0 saturated carbocycles. The number of carboxylic acid groups (broad SMARTS) is 1. The van der Waals surface area contributed by atoms with Gasteiger partial charge in [0, 0.05) is 6.54 Å². The quantitative estimate of drug-likeness (QED) is 0.535. The molecule has 0 bridgehead atoms. The molecule has 0 aliphatic rings. The normalized spacial score (nSPS) is 11.8. The maximum atomic E-state index is 11.4. The number of carboxylic acids is 1. The van der Waals surface area contributed by atoms with Crippen LogP contribution in [0.1, 0.15) is 16.9 Å². The van der Waals surface area contributed by atoms with E-state index in [-0.39, 0.29) is 11.6 Å². The van der Waals surface area contributed by atoms with E-state index in [1.807, 2.05) is 0 Å². The van der Waals surface area contributed by atoms with E-state index in [2.05, 4.69) is 22.2 Å². The highest BCUT2D eigenvalue weighted by molar-refractivity contribution is 5.84. The van der Waals surface area contributed by atoms with Crippen LogP contribution in [0.15, 0.2) is 18.9 Å². The van der Waals surface area contributed by atoms with E-state index in [0.717, 1.165) is 0 Å². The number of amides is 1. The molecule has 1 aromatic heterocycles. The zero-order chi connectivity index (χ0) is 13.5. The Morgan fingerprint density at radius 3 is 2.94 bits per heavy atom. The number of nitrogens with two attached hydrogens (primary N) is 1. The van der Waals surface area contributed by atoms with Gasteiger partial charge in [-0.15, -0.1) is 11.7 Å². The van der Waals surface area contributed by atoms with E-state index < -0.39 is 12.0 Å². The minimum absolute atomic E-state index is 0.135. The van der Waals surface area contributed by atoms with Gasteiger partial charge < -0.3 is 16.2 Å². The van der Waals surface area contributed by atoms with E-state index in [1.165, 1.54) is 10.9 Å². The fourth-order valence-electron chi connectivity index (χ4n) is 1.22. The van der Waals surface area contributed by atoms with Gasteiger partial charge in [-0.25, -0.2) is 9.48 Å². The largest absolute Gasteiger partial charge is 0.476 e. The molecule has 1 rings (SSSR count). The SMILES string of the molecule is C=CCC(N)C(=O)NCCn1cc(C(=O)O)nn1. The van der Waals surface area contributed by atoms with Crippen LogP contribution in [0.5, 0.6) is 0 Å². The first-order valence-corrected chi connectivity index (χ1v) is 5.32. The minimum atomic E-state index is -1.14. The van der Waals surface area contributed by atoms with Crippen molar-refractivity contribution in [3.63, 3.8) is 0 Å². The molecule has 8 nitrogen and oxygen atoms in total. The lowest BCUT2D eigenvalue weighted by Crippen LogP contribution is -2.41. The third-order valence-electron chi connectivity index (χ3n) is 2.16. The van der Waals surface area contributed by atoms with Crippen LogP contribution in [0, 0.1) is 0 Å². The zero-order valence-corrected chi connectivity index (χ0v) is 9.74. The van der Waals surface area contributed by atoms with Crippen molar-refractivity contribution >= 4 is 11.9 Å². The van der Waals surface area contributed by atoms with E-state index in [0.29, 0.717) is 19.5 Å². The monoisotopic (exact) mass is 253 g/mol. The second kappa shape index (κ2) is 6.50. The molecule has 1 heterocycles. The smallest absolute Gasteiger partial charge is 0.358 e. The first kappa shape index (κ1) is 13.8. The molecule has 1 aromatic rings. The summed E-state index contributed by atoms with van der Waals surface area (Å²) in [5.41, 5.74) is 5.42. The van der Waals surface area contributed by atoms with Crippen LogP contribution in [0.4, 0.5) is 0 Å². The van der Waals surface area contributed by atoms with Crippen LogP contribution in [0.25, 0.3) is 0 Å². The van der Waals surface area contributed by atoms with Gasteiger partial charge in [-0.1, -0.05) is 11.3 Å². The fourth-order valence-corrected chi connectivity index (χ4v) is 1.22. The predicted octanol–water partition coefficient (Wildman–Crippen LogP) is -1.00. The van der Waals surface area contributed by atoms with Crippen LogP contribution in [-0.2, 0) is 11.3 Å². The van der Waals surface area contributed by atoms with Gasteiger partial charge in [0.15, 0.2) is 5.69 Å². The van der Waals surface area contributed by atoms with Gasteiger partial charge >= 0.3 is 5.97 Å². The summed E-state index contributed by atoms with van der Waals surface area (Å²) in [5, 5.41) is 18.3. The highest BCUT2D eigenvalue weighted by atomic mass is 16.4. The Bertz CT molecular complexity index is 442. The summed E-state index contributed by atoms with van der Waals surface area (Å²) >= 11 is 0. The summed E-state index contributed by atoms with van der Waals surface area (Å²) in [6.07, 6.45) is 3.26. The maximum Gasteiger partial charge on any atom is 0.358 e. The highest BCUT2D eigenvalue weighted by Crippen LogP contribution is 1.92. The molecule has 98 valence electrons. The van der Waals surface area contributed by atoms with Crippen LogP contribution >= 0.6 is 0 Å². The molecule has 1 amide bonds. The Morgan fingerprint density at radius 1 is 1.67 bits per heavy atom. The molecule has 0 aliphatic carbocycles. The lowest BCUT2D eigenvalue weighted by atomic mass is 10.2. The van der Waals surface area contributed by atoms with Crippen molar-refractivity contribution in [2.45, 2.75) is 19.0 Å². The number of rotatable bonds is 7. The topological polar surface area (TPSA) is 123 Å². The Kier molecular flexibility index (Phi) is 5.00. The minimum Gasteiger partial charge on any atom is -0.476 e. The molecule has 1 atom stereocenters. The van der Waals surface area contributed by atoms with Crippen LogP contribution in [0.3, 0.4) is 0 Å². The molecule has 0 saturated heterocycles. The summed E-state index contributed by atoms with van der Waals surface area (Å²) in [5.74, 6) is -1.42. The van der Waals surface area contributed by atoms with Gasteiger partial charge in [0.2, 0.25) is 5.91 Å². The lowest BCUT2D eigenvalue weighted by molar-refractivity contribution is -0.122. The van der Waals surface area contributed by atoms with Crippen molar-refractivity contribution in [1.29, 1.82) is 0 Å². The van der Waals surface area contributed by atoms with Crippen LogP contribution in [0.2, 0.25) is 0 Å². The summed E-state index contributed by atoms with van der Waals surface area (Å²) in [6.45, 7) is 4.12. The predicted molar refractivity (Wildman–Crippen MR) is 62.8 cm³/mol.